The number of Topliss-reactive ketones (excluding diaryl/α,β-unsaturated/α-hetero) is 2. The maximum absolute atomic E-state index is 11.8. The molecule has 0 aliphatic carbocycles. The SMILES string of the molecule is CCCCCCCCCCCC(=O)CCCOCCOCCCC(=O)COC. The van der Waals surface area contributed by atoms with Gasteiger partial charge in [-0.25, -0.2) is 0 Å². The number of rotatable bonds is 23. The van der Waals surface area contributed by atoms with E-state index in [1.165, 1.54) is 58.5 Å². The highest BCUT2D eigenvalue weighted by molar-refractivity contribution is 5.79. The Kier molecular flexibility index (Phi) is 21.9. The number of ether oxygens (including phenoxy) is 3. The molecule has 0 heterocycles. The summed E-state index contributed by atoms with van der Waals surface area (Å²) < 4.78 is 15.7. The predicted molar refractivity (Wildman–Crippen MR) is 114 cm³/mol. The van der Waals surface area contributed by atoms with E-state index in [2.05, 4.69) is 6.92 Å². The van der Waals surface area contributed by atoms with E-state index in [4.69, 9.17) is 14.2 Å². The largest absolute Gasteiger partial charge is 0.379 e. The summed E-state index contributed by atoms with van der Waals surface area (Å²) in [6.07, 6.45) is 14.9. The van der Waals surface area contributed by atoms with E-state index in [-0.39, 0.29) is 12.4 Å². The van der Waals surface area contributed by atoms with Crippen LogP contribution >= 0.6 is 0 Å². The minimum absolute atomic E-state index is 0.106. The molecule has 0 spiro atoms. The van der Waals surface area contributed by atoms with Crippen LogP contribution in [-0.4, -0.2) is 51.7 Å². The lowest BCUT2D eigenvalue weighted by molar-refractivity contribution is -0.123. The van der Waals surface area contributed by atoms with Crippen LogP contribution in [0.25, 0.3) is 0 Å². The molecule has 5 nitrogen and oxygen atoms in total. The molecule has 0 unspecified atom stereocenters. The third-order valence-corrected chi connectivity index (χ3v) is 4.73. The van der Waals surface area contributed by atoms with Crippen molar-refractivity contribution in [3.8, 4) is 0 Å². The molecule has 0 rings (SSSR count). The van der Waals surface area contributed by atoms with Gasteiger partial charge in [-0.1, -0.05) is 58.3 Å². The lowest BCUT2D eigenvalue weighted by Crippen LogP contribution is -2.10. The number of methoxy groups -OCH3 is 1. The first-order valence-electron chi connectivity index (χ1n) is 11.4. The Morgan fingerprint density at radius 2 is 1.04 bits per heavy atom. The van der Waals surface area contributed by atoms with Crippen LogP contribution in [0.2, 0.25) is 0 Å². The lowest BCUT2D eigenvalue weighted by atomic mass is 10.0. The Hall–Kier alpha value is -0.780. The molecule has 0 radical (unpaired) electrons. The molecule has 0 aromatic rings. The van der Waals surface area contributed by atoms with E-state index >= 15 is 0 Å². The zero-order valence-electron chi connectivity index (χ0n) is 18.5. The zero-order valence-corrected chi connectivity index (χ0v) is 18.5. The number of carbonyl (C=O) groups excluding carboxylic acids is 2. The zero-order chi connectivity index (χ0) is 20.7. The highest BCUT2D eigenvalue weighted by Crippen LogP contribution is 2.11. The Balaban J connectivity index is 3.20. The van der Waals surface area contributed by atoms with Gasteiger partial charge in [0, 0.05) is 39.6 Å². The first-order chi connectivity index (χ1) is 13.7. The summed E-state index contributed by atoms with van der Waals surface area (Å²) in [5.74, 6) is 0.470. The van der Waals surface area contributed by atoms with Crippen LogP contribution in [0.15, 0.2) is 0 Å². The van der Waals surface area contributed by atoms with Crippen molar-refractivity contribution in [2.75, 3.05) is 40.1 Å². The summed E-state index contributed by atoms with van der Waals surface area (Å²) in [6.45, 7) is 4.68. The summed E-state index contributed by atoms with van der Waals surface area (Å²) >= 11 is 0. The molecular weight excluding hydrogens is 356 g/mol. The van der Waals surface area contributed by atoms with Gasteiger partial charge in [0.15, 0.2) is 5.78 Å². The fourth-order valence-corrected chi connectivity index (χ4v) is 3.06. The Bertz CT molecular complexity index is 357. The van der Waals surface area contributed by atoms with Gasteiger partial charge in [0.05, 0.1) is 13.2 Å². The topological polar surface area (TPSA) is 61.8 Å². The first kappa shape index (κ1) is 27.2. The summed E-state index contributed by atoms with van der Waals surface area (Å²) in [4.78, 5) is 23.1. The molecule has 0 aliphatic rings. The average molecular weight is 401 g/mol. The van der Waals surface area contributed by atoms with E-state index in [9.17, 15) is 9.59 Å². The molecule has 0 amide bonds. The van der Waals surface area contributed by atoms with Crippen LogP contribution in [-0.2, 0) is 23.8 Å². The fourth-order valence-electron chi connectivity index (χ4n) is 3.06. The maximum Gasteiger partial charge on any atom is 0.158 e. The monoisotopic (exact) mass is 400 g/mol. The van der Waals surface area contributed by atoms with Gasteiger partial charge in [0.2, 0.25) is 0 Å². The van der Waals surface area contributed by atoms with Gasteiger partial charge in [-0.15, -0.1) is 0 Å². The predicted octanol–water partition coefficient (Wildman–Crippen LogP) is 5.29. The smallest absolute Gasteiger partial charge is 0.158 e. The standard InChI is InChI=1S/C23H44O5/c1-3-4-5-6-7-8-9-10-11-14-22(24)15-12-17-27-19-20-28-18-13-16-23(25)21-26-2/h3-21H2,1-2H3. The second-order valence-electron chi connectivity index (χ2n) is 7.52. The lowest BCUT2D eigenvalue weighted by Gasteiger charge is -2.06. The van der Waals surface area contributed by atoms with Crippen molar-refractivity contribution in [1.82, 2.24) is 0 Å². The molecule has 0 aromatic heterocycles. The highest BCUT2D eigenvalue weighted by Gasteiger charge is 2.03. The first-order valence-corrected chi connectivity index (χ1v) is 11.4. The van der Waals surface area contributed by atoms with E-state index in [1.54, 1.807) is 0 Å². The molecule has 5 heteroatoms. The van der Waals surface area contributed by atoms with Gasteiger partial charge in [-0.3, -0.25) is 9.59 Å². The number of hydrogen-bond acceptors (Lipinski definition) is 5. The van der Waals surface area contributed by atoms with Crippen molar-refractivity contribution in [3.63, 3.8) is 0 Å². The molecule has 0 atom stereocenters. The molecule has 0 aromatic carbocycles. The van der Waals surface area contributed by atoms with Crippen molar-refractivity contribution < 1.29 is 23.8 Å². The summed E-state index contributed by atoms with van der Waals surface area (Å²) in [5.41, 5.74) is 0. The highest BCUT2D eigenvalue weighted by atomic mass is 16.5. The van der Waals surface area contributed by atoms with Crippen LogP contribution in [0.5, 0.6) is 0 Å². The number of hydrogen-bond donors (Lipinski definition) is 0. The molecule has 0 saturated heterocycles. The van der Waals surface area contributed by atoms with Crippen molar-refractivity contribution in [2.45, 2.75) is 96.8 Å². The molecule has 0 fully saturated rings. The Morgan fingerprint density at radius 3 is 1.57 bits per heavy atom. The molecular formula is C23H44O5. The van der Waals surface area contributed by atoms with Crippen LogP contribution in [0.1, 0.15) is 96.8 Å². The Morgan fingerprint density at radius 1 is 0.571 bits per heavy atom. The van der Waals surface area contributed by atoms with Crippen LogP contribution in [0, 0.1) is 0 Å². The average Bonchev–Trinajstić information content (AvgIpc) is 2.68. The number of carbonyl (C=O) groups is 2. The second-order valence-corrected chi connectivity index (χ2v) is 7.52. The van der Waals surface area contributed by atoms with Gasteiger partial charge in [-0.05, 0) is 19.3 Å². The minimum atomic E-state index is 0.106. The van der Waals surface area contributed by atoms with Crippen LogP contribution < -0.4 is 0 Å². The van der Waals surface area contributed by atoms with Crippen molar-refractivity contribution in [1.29, 1.82) is 0 Å². The van der Waals surface area contributed by atoms with Crippen molar-refractivity contribution in [3.05, 3.63) is 0 Å². The van der Waals surface area contributed by atoms with Crippen LogP contribution in [0.4, 0.5) is 0 Å². The van der Waals surface area contributed by atoms with Gasteiger partial charge in [0.25, 0.3) is 0 Å². The molecule has 0 saturated carbocycles. The fraction of sp³-hybridized carbons (Fsp3) is 0.913. The minimum Gasteiger partial charge on any atom is -0.379 e. The van der Waals surface area contributed by atoms with Crippen LogP contribution in [0.3, 0.4) is 0 Å². The van der Waals surface area contributed by atoms with Crippen molar-refractivity contribution in [2.24, 2.45) is 0 Å². The van der Waals surface area contributed by atoms with Gasteiger partial charge < -0.3 is 14.2 Å². The normalized spacial score (nSPS) is 11.1. The second kappa shape index (κ2) is 22.5. The number of ketones is 2. The van der Waals surface area contributed by atoms with Gasteiger partial charge in [-0.2, -0.15) is 0 Å². The molecule has 0 bridgehead atoms. The summed E-state index contributed by atoms with van der Waals surface area (Å²) in [7, 11) is 1.52. The van der Waals surface area contributed by atoms with Gasteiger partial charge >= 0.3 is 0 Å². The summed E-state index contributed by atoms with van der Waals surface area (Å²) in [6, 6.07) is 0. The molecule has 28 heavy (non-hydrogen) atoms. The van der Waals surface area contributed by atoms with Crippen molar-refractivity contribution >= 4 is 11.6 Å². The molecule has 0 N–H and O–H groups in total. The van der Waals surface area contributed by atoms with Gasteiger partial charge in [0.1, 0.15) is 12.4 Å². The number of unbranched alkanes of at least 4 members (excludes halogenated alkanes) is 8. The molecule has 166 valence electrons. The quantitative estimate of drug-likeness (QED) is 0.218. The maximum atomic E-state index is 11.8. The third kappa shape index (κ3) is 21.5. The van der Waals surface area contributed by atoms with E-state index in [1.807, 2.05) is 0 Å². The summed E-state index contributed by atoms with van der Waals surface area (Å²) in [5, 5.41) is 0. The van der Waals surface area contributed by atoms with E-state index in [0.29, 0.717) is 45.1 Å². The van der Waals surface area contributed by atoms with E-state index in [0.717, 1.165) is 25.7 Å². The third-order valence-electron chi connectivity index (χ3n) is 4.73. The van der Waals surface area contributed by atoms with E-state index < -0.39 is 0 Å². The molecule has 0 aliphatic heterocycles. The Labute approximate surface area is 172 Å².